The number of carbonyl (C=O) groups is 1. The number of piperidine rings is 1. The lowest BCUT2D eigenvalue weighted by atomic mass is 10.0. The molecule has 2 aromatic rings. The fourth-order valence-electron chi connectivity index (χ4n) is 4.53. The molecule has 2 aromatic carbocycles. The van der Waals surface area contributed by atoms with Crippen LogP contribution in [0.2, 0.25) is 0 Å². The number of carbonyl (C=O) groups excluding carboxylic acids is 1. The van der Waals surface area contributed by atoms with E-state index in [9.17, 15) is 21.6 Å². The smallest absolute Gasteiger partial charge is 0.243 e. The number of aryl methyl sites for hydroxylation is 1. The number of benzene rings is 2. The number of amides is 1. The van der Waals surface area contributed by atoms with Gasteiger partial charge in [0, 0.05) is 36.7 Å². The van der Waals surface area contributed by atoms with Gasteiger partial charge in [0.1, 0.15) is 0 Å². The van der Waals surface area contributed by atoms with Crippen molar-refractivity contribution < 1.29 is 21.6 Å². The van der Waals surface area contributed by atoms with Gasteiger partial charge >= 0.3 is 0 Å². The van der Waals surface area contributed by atoms with Gasteiger partial charge < -0.3 is 4.90 Å². The summed E-state index contributed by atoms with van der Waals surface area (Å²) >= 11 is 3.33. The van der Waals surface area contributed by atoms with Gasteiger partial charge in [0.2, 0.25) is 26.0 Å². The van der Waals surface area contributed by atoms with Crippen LogP contribution in [-0.4, -0.2) is 74.2 Å². The van der Waals surface area contributed by atoms with Crippen LogP contribution in [0.4, 0.5) is 0 Å². The number of halogens is 1. The molecule has 0 aromatic heterocycles. The third-order valence-electron chi connectivity index (χ3n) is 6.78. The third-order valence-corrected chi connectivity index (χ3v) is 11.1. The van der Waals surface area contributed by atoms with Crippen molar-refractivity contribution in [3.8, 4) is 0 Å². The average molecular weight is 615 g/mol. The van der Waals surface area contributed by atoms with Gasteiger partial charge in [0.25, 0.3) is 0 Å². The molecule has 0 saturated carbocycles. The maximum atomic E-state index is 13.6. The second-order valence-electron chi connectivity index (χ2n) is 9.27. The first-order valence-corrected chi connectivity index (χ1v) is 16.4. The molecule has 1 heterocycles. The van der Waals surface area contributed by atoms with Crippen molar-refractivity contribution in [1.82, 2.24) is 13.5 Å². The molecule has 11 heteroatoms. The van der Waals surface area contributed by atoms with Crippen molar-refractivity contribution in [2.45, 2.75) is 57.5 Å². The maximum Gasteiger partial charge on any atom is 0.243 e. The molecule has 1 aliphatic heterocycles. The molecule has 37 heavy (non-hydrogen) atoms. The van der Waals surface area contributed by atoms with Crippen molar-refractivity contribution >= 4 is 41.9 Å². The zero-order valence-corrected chi connectivity index (χ0v) is 24.9. The summed E-state index contributed by atoms with van der Waals surface area (Å²) in [4.78, 5) is 15.6. The van der Waals surface area contributed by atoms with Crippen LogP contribution in [-0.2, 0) is 31.4 Å². The second-order valence-corrected chi connectivity index (χ2v) is 14.4. The summed E-state index contributed by atoms with van der Waals surface area (Å²) in [5.74, 6) is -0.326. The summed E-state index contributed by atoms with van der Waals surface area (Å²) in [7, 11) is -7.17. The molecular weight excluding hydrogens is 578 g/mol. The number of sulfonamides is 2. The SMILES string of the molecule is CCCN(CC(=O)N(Cc1ccccc1C)C1CCN(S(=O)(=O)c2ccc(Br)cc2)CC1)S(=O)(=O)CC. The molecule has 0 bridgehead atoms. The summed E-state index contributed by atoms with van der Waals surface area (Å²) in [6.07, 6.45) is 1.56. The topological polar surface area (TPSA) is 95.1 Å². The normalized spacial score (nSPS) is 15.7. The van der Waals surface area contributed by atoms with Crippen molar-refractivity contribution in [2.75, 3.05) is 31.9 Å². The summed E-state index contributed by atoms with van der Waals surface area (Å²) < 4.78 is 55.1. The molecule has 8 nitrogen and oxygen atoms in total. The Morgan fingerprint density at radius 2 is 1.62 bits per heavy atom. The van der Waals surface area contributed by atoms with Crippen LogP contribution in [0.3, 0.4) is 0 Å². The van der Waals surface area contributed by atoms with E-state index in [0.717, 1.165) is 15.6 Å². The molecule has 0 radical (unpaired) electrons. The van der Waals surface area contributed by atoms with E-state index in [1.807, 2.05) is 38.1 Å². The second kappa shape index (κ2) is 12.8. The van der Waals surface area contributed by atoms with Crippen molar-refractivity contribution in [3.05, 3.63) is 64.1 Å². The molecule has 1 saturated heterocycles. The summed E-state index contributed by atoms with van der Waals surface area (Å²) in [5, 5.41) is 0. The van der Waals surface area contributed by atoms with Gasteiger partial charge in [-0.2, -0.15) is 8.61 Å². The Morgan fingerprint density at radius 1 is 1.00 bits per heavy atom. The van der Waals surface area contributed by atoms with Crippen LogP contribution >= 0.6 is 15.9 Å². The van der Waals surface area contributed by atoms with E-state index in [0.29, 0.717) is 25.8 Å². The van der Waals surface area contributed by atoms with Gasteiger partial charge in [-0.15, -0.1) is 0 Å². The predicted octanol–water partition coefficient (Wildman–Crippen LogP) is 4.00. The highest BCUT2D eigenvalue weighted by atomic mass is 79.9. The van der Waals surface area contributed by atoms with Crippen LogP contribution in [0.15, 0.2) is 57.9 Å². The first-order valence-electron chi connectivity index (χ1n) is 12.6. The standard InChI is InChI=1S/C26H36BrN3O5S2/c1-4-16-29(36(32,33)5-2)20-26(31)30(19-22-9-7-6-8-21(22)3)24-14-17-28(18-15-24)37(34,35)25-12-10-23(27)11-13-25/h6-13,24H,4-5,14-20H2,1-3H3. The average Bonchev–Trinajstić information content (AvgIpc) is 2.88. The highest BCUT2D eigenvalue weighted by Gasteiger charge is 2.35. The van der Waals surface area contributed by atoms with E-state index in [4.69, 9.17) is 0 Å². The number of rotatable bonds is 11. The third kappa shape index (κ3) is 7.41. The quantitative estimate of drug-likeness (QED) is 0.382. The van der Waals surface area contributed by atoms with Crippen molar-refractivity contribution in [2.24, 2.45) is 0 Å². The molecule has 0 spiro atoms. The van der Waals surface area contributed by atoms with Gasteiger partial charge in [-0.05, 0) is 68.5 Å². The van der Waals surface area contributed by atoms with Crippen molar-refractivity contribution in [3.63, 3.8) is 0 Å². The first-order chi connectivity index (χ1) is 17.5. The molecule has 0 N–H and O–H groups in total. The zero-order chi connectivity index (χ0) is 27.2. The lowest BCUT2D eigenvalue weighted by Gasteiger charge is -2.39. The lowest BCUT2D eigenvalue weighted by Crippen LogP contribution is -2.51. The number of nitrogens with zero attached hydrogens (tertiary/aromatic N) is 3. The van der Waals surface area contributed by atoms with E-state index in [1.165, 1.54) is 8.61 Å². The first kappa shape index (κ1) is 29.8. The Bertz CT molecular complexity index is 1280. The fraction of sp³-hybridized carbons (Fsp3) is 0.500. The minimum Gasteiger partial charge on any atom is -0.334 e. The Balaban J connectivity index is 1.81. The van der Waals surface area contributed by atoms with E-state index < -0.39 is 20.0 Å². The van der Waals surface area contributed by atoms with Gasteiger partial charge in [0.15, 0.2) is 0 Å². The van der Waals surface area contributed by atoms with E-state index in [1.54, 1.807) is 36.1 Å². The molecule has 0 aliphatic carbocycles. The van der Waals surface area contributed by atoms with Crippen molar-refractivity contribution in [1.29, 1.82) is 0 Å². The lowest BCUT2D eigenvalue weighted by molar-refractivity contribution is -0.135. The molecule has 204 valence electrons. The Kier molecular flexibility index (Phi) is 10.3. The number of hydrogen-bond acceptors (Lipinski definition) is 5. The fourth-order valence-corrected chi connectivity index (χ4v) is 7.40. The molecule has 1 amide bonds. The zero-order valence-electron chi connectivity index (χ0n) is 21.6. The molecule has 1 aliphatic rings. The highest BCUT2D eigenvalue weighted by Crippen LogP contribution is 2.26. The molecule has 1 fully saturated rings. The number of hydrogen-bond donors (Lipinski definition) is 0. The summed E-state index contributed by atoms with van der Waals surface area (Å²) in [5.41, 5.74) is 2.03. The van der Waals surface area contributed by atoms with E-state index in [-0.39, 0.29) is 48.8 Å². The Hall–Kier alpha value is -1.79. The van der Waals surface area contributed by atoms with Crippen LogP contribution < -0.4 is 0 Å². The van der Waals surface area contributed by atoms with Gasteiger partial charge in [-0.25, -0.2) is 16.8 Å². The van der Waals surface area contributed by atoms with Gasteiger partial charge in [-0.1, -0.05) is 47.1 Å². The van der Waals surface area contributed by atoms with Crippen LogP contribution in [0.25, 0.3) is 0 Å². The van der Waals surface area contributed by atoms with E-state index >= 15 is 0 Å². The molecular formula is C26H36BrN3O5S2. The van der Waals surface area contributed by atoms with E-state index in [2.05, 4.69) is 15.9 Å². The predicted molar refractivity (Wildman–Crippen MR) is 149 cm³/mol. The Labute approximate surface area is 229 Å². The van der Waals surface area contributed by atoms with Crippen LogP contribution in [0, 0.1) is 6.92 Å². The molecule has 0 unspecified atom stereocenters. The highest BCUT2D eigenvalue weighted by molar-refractivity contribution is 9.10. The molecule has 3 rings (SSSR count). The largest absolute Gasteiger partial charge is 0.334 e. The summed E-state index contributed by atoms with van der Waals surface area (Å²) in [6.45, 7) is 6.43. The monoisotopic (exact) mass is 613 g/mol. The summed E-state index contributed by atoms with van der Waals surface area (Å²) in [6, 6.07) is 14.2. The Morgan fingerprint density at radius 3 is 2.19 bits per heavy atom. The van der Waals surface area contributed by atoms with Gasteiger partial charge in [-0.3, -0.25) is 4.79 Å². The molecule has 0 atom stereocenters. The maximum absolute atomic E-state index is 13.6. The van der Waals surface area contributed by atoms with Crippen LogP contribution in [0.5, 0.6) is 0 Å². The van der Waals surface area contributed by atoms with Gasteiger partial charge in [0.05, 0.1) is 17.2 Å². The minimum absolute atomic E-state index is 0.0651. The minimum atomic E-state index is -3.64. The van der Waals surface area contributed by atoms with Crippen LogP contribution in [0.1, 0.15) is 44.2 Å².